The molecule has 1 N–H and O–H groups in total. The Hall–Kier alpha value is -1.95. The third kappa shape index (κ3) is 4.22. The first-order valence-corrected chi connectivity index (χ1v) is 9.79. The number of hydrogen-bond donors (Lipinski definition) is 1. The number of ether oxygens (including phenoxy) is 1. The Morgan fingerprint density at radius 2 is 2.07 bits per heavy atom. The highest BCUT2D eigenvalue weighted by Gasteiger charge is 2.49. The van der Waals surface area contributed by atoms with Gasteiger partial charge in [-0.15, -0.1) is 0 Å². The van der Waals surface area contributed by atoms with E-state index in [1.807, 2.05) is 19.1 Å². The van der Waals surface area contributed by atoms with Gasteiger partial charge in [0.05, 0.1) is 11.6 Å². The molecule has 0 spiro atoms. The molecule has 0 amide bonds. The first-order valence-electron chi connectivity index (χ1n) is 9.42. The number of nitrogens with zero attached hydrogens (tertiary/aromatic N) is 1. The molecule has 0 saturated heterocycles. The lowest BCUT2D eigenvalue weighted by atomic mass is 9.79. The molecule has 2 aliphatic rings. The van der Waals surface area contributed by atoms with Gasteiger partial charge in [-0.1, -0.05) is 49.6 Å². The van der Waals surface area contributed by atoms with Crippen molar-refractivity contribution in [3.8, 4) is 0 Å². The molecule has 2 rings (SSSR count). The second kappa shape index (κ2) is 9.03. The molecule has 0 aromatic heterocycles. The van der Waals surface area contributed by atoms with Crippen LogP contribution in [0.15, 0.2) is 58.0 Å². The van der Waals surface area contributed by atoms with E-state index in [4.69, 9.17) is 16.3 Å². The van der Waals surface area contributed by atoms with E-state index < -0.39 is 17.2 Å². The van der Waals surface area contributed by atoms with Crippen LogP contribution < -0.4 is 0 Å². The van der Waals surface area contributed by atoms with Gasteiger partial charge in [0.2, 0.25) is 11.6 Å². The fourth-order valence-corrected chi connectivity index (χ4v) is 3.47. The first-order chi connectivity index (χ1) is 13.2. The van der Waals surface area contributed by atoms with Crippen LogP contribution in [0.5, 0.6) is 0 Å². The van der Waals surface area contributed by atoms with Gasteiger partial charge in [-0.05, 0) is 31.9 Å². The zero-order valence-corrected chi connectivity index (χ0v) is 17.8. The molecule has 0 aromatic rings. The maximum Gasteiger partial charge on any atom is 0.214 e. The number of carbonyl (C=O) groups excluding carboxylic acids is 2. The smallest absolute Gasteiger partial charge is 0.214 e. The number of Topliss-reactive ketones (excluding diaryl/α,β-unsaturated/α-hetero) is 2. The predicted molar refractivity (Wildman–Crippen MR) is 111 cm³/mol. The number of aliphatic hydroxyl groups excluding tert-OH is 1. The number of aliphatic hydroxyl groups is 1. The van der Waals surface area contributed by atoms with Gasteiger partial charge in [0.15, 0.2) is 5.60 Å². The van der Waals surface area contributed by atoms with Crippen molar-refractivity contribution >= 4 is 23.2 Å². The number of allylic oxidation sites excluding steroid dienone is 6. The molecule has 6 heteroatoms. The number of β-amino-alcohol motifs (C(OH)–C–C–N with tert-alkyl or cyclic N) is 1. The number of fused-ring (bicyclic) bond motifs is 1. The number of hydrogen-bond acceptors (Lipinski definition) is 5. The minimum Gasteiger partial charge on any atom is -0.395 e. The van der Waals surface area contributed by atoms with Crippen molar-refractivity contribution in [3.05, 3.63) is 58.0 Å². The van der Waals surface area contributed by atoms with Crippen molar-refractivity contribution in [2.45, 2.75) is 39.7 Å². The summed E-state index contributed by atoms with van der Waals surface area (Å²) in [4.78, 5) is 27.3. The highest BCUT2D eigenvalue weighted by atomic mass is 35.5. The molecule has 0 bridgehead atoms. The summed E-state index contributed by atoms with van der Waals surface area (Å²) < 4.78 is 5.20. The number of methoxy groups -OCH3 is 1. The van der Waals surface area contributed by atoms with E-state index >= 15 is 0 Å². The Bertz CT molecular complexity index is 818. The largest absolute Gasteiger partial charge is 0.395 e. The number of rotatable bonds is 7. The van der Waals surface area contributed by atoms with Gasteiger partial charge in [0.1, 0.15) is 0 Å². The van der Waals surface area contributed by atoms with E-state index in [-0.39, 0.29) is 11.6 Å². The second-order valence-corrected chi connectivity index (χ2v) is 7.66. The molecule has 0 fully saturated rings. The van der Waals surface area contributed by atoms with Crippen molar-refractivity contribution in [1.29, 1.82) is 0 Å². The summed E-state index contributed by atoms with van der Waals surface area (Å²) in [5.74, 6) is -0.506. The van der Waals surface area contributed by atoms with Crippen molar-refractivity contribution < 1.29 is 19.4 Å². The van der Waals surface area contributed by atoms with E-state index in [1.54, 1.807) is 17.2 Å². The highest BCUT2D eigenvalue weighted by Crippen LogP contribution is 2.39. The van der Waals surface area contributed by atoms with Crippen LogP contribution in [0.4, 0.5) is 0 Å². The highest BCUT2D eigenvalue weighted by molar-refractivity contribution is 6.49. The molecular weight excluding hydrogens is 378 g/mol. The second-order valence-electron chi connectivity index (χ2n) is 7.28. The van der Waals surface area contributed by atoms with Gasteiger partial charge in [-0.25, -0.2) is 0 Å². The Morgan fingerprint density at radius 3 is 2.64 bits per heavy atom. The van der Waals surface area contributed by atoms with Crippen LogP contribution in [0.1, 0.15) is 34.1 Å². The van der Waals surface area contributed by atoms with Gasteiger partial charge in [0, 0.05) is 36.7 Å². The third-order valence-electron chi connectivity index (χ3n) is 5.20. The number of halogens is 1. The first kappa shape index (κ1) is 22.3. The fourth-order valence-electron chi connectivity index (χ4n) is 3.13. The van der Waals surface area contributed by atoms with Crippen molar-refractivity contribution in [3.63, 3.8) is 0 Å². The standard InChI is InChI=1S/C22H28ClNO4/c1-6-14(2)11-15(3)7-8-16-12-17-18(13-24(16)9-10-25)20(26)22(4,28-5)21(27)19(17)23/h7-8,11-14,25H,6,9-10H2,1-5H3. The monoisotopic (exact) mass is 405 g/mol. The van der Waals surface area contributed by atoms with Crippen LogP contribution >= 0.6 is 11.6 Å². The average Bonchev–Trinajstić information content (AvgIpc) is 2.69. The molecule has 152 valence electrons. The lowest BCUT2D eigenvalue weighted by Gasteiger charge is -2.35. The Kier molecular flexibility index (Phi) is 7.21. The average molecular weight is 406 g/mol. The van der Waals surface area contributed by atoms with Crippen LogP contribution in [0, 0.1) is 5.92 Å². The summed E-state index contributed by atoms with van der Waals surface area (Å²) in [6.07, 6.45) is 10.5. The van der Waals surface area contributed by atoms with E-state index in [9.17, 15) is 14.7 Å². The van der Waals surface area contributed by atoms with Crippen LogP contribution in [0.2, 0.25) is 0 Å². The SMILES string of the molecule is CCC(C)C=C(C)C=CC1=CC2=C(Cl)C(=O)C(C)(OC)C(=O)C2=CN1CCO. The number of ketones is 2. The van der Waals surface area contributed by atoms with E-state index in [0.29, 0.717) is 23.6 Å². The molecule has 1 heterocycles. The molecule has 1 aliphatic heterocycles. The summed E-state index contributed by atoms with van der Waals surface area (Å²) in [5.41, 5.74) is 0.921. The molecule has 28 heavy (non-hydrogen) atoms. The molecule has 1 aliphatic carbocycles. The molecule has 0 radical (unpaired) electrons. The van der Waals surface area contributed by atoms with Gasteiger partial charge in [-0.3, -0.25) is 9.59 Å². The third-order valence-corrected chi connectivity index (χ3v) is 5.58. The molecule has 0 aromatic carbocycles. The maximum atomic E-state index is 12.9. The summed E-state index contributed by atoms with van der Waals surface area (Å²) in [6.45, 7) is 7.96. The topological polar surface area (TPSA) is 66.8 Å². The molecule has 5 nitrogen and oxygen atoms in total. The molecular formula is C22H28ClNO4. The van der Waals surface area contributed by atoms with Crippen molar-refractivity contribution in [2.75, 3.05) is 20.3 Å². The fraction of sp³-hybridized carbons (Fsp3) is 0.455. The summed E-state index contributed by atoms with van der Waals surface area (Å²) >= 11 is 6.32. The summed E-state index contributed by atoms with van der Waals surface area (Å²) in [5, 5.41) is 9.42. The van der Waals surface area contributed by atoms with E-state index in [1.165, 1.54) is 14.0 Å². The van der Waals surface area contributed by atoms with Gasteiger partial charge >= 0.3 is 0 Å². The normalized spacial score (nSPS) is 24.5. The molecule has 0 saturated carbocycles. The van der Waals surface area contributed by atoms with E-state index in [2.05, 4.69) is 19.9 Å². The maximum absolute atomic E-state index is 12.9. The zero-order valence-electron chi connectivity index (χ0n) is 17.1. The lowest BCUT2D eigenvalue weighted by Crippen LogP contribution is -2.50. The van der Waals surface area contributed by atoms with E-state index in [0.717, 1.165) is 17.7 Å². The predicted octanol–water partition coefficient (Wildman–Crippen LogP) is 3.66. The Morgan fingerprint density at radius 1 is 1.39 bits per heavy atom. The Labute approximate surface area is 171 Å². The zero-order chi connectivity index (χ0) is 21.1. The lowest BCUT2D eigenvalue weighted by molar-refractivity contribution is -0.147. The minimum atomic E-state index is -1.63. The van der Waals surface area contributed by atoms with Gasteiger partial charge in [-0.2, -0.15) is 0 Å². The number of carbonyl (C=O) groups is 2. The summed E-state index contributed by atoms with van der Waals surface area (Å²) in [6, 6.07) is 0. The quantitative estimate of drug-likeness (QED) is 0.517. The summed E-state index contributed by atoms with van der Waals surface area (Å²) in [7, 11) is 1.32. The van der Waals surface area contributed by atoms with Crippen LogP contribution in [-0.2, 0) is 14.3 Å². The van der Waals surface area contributed by atoms with Gasteiger partial charge < -0.3 is 14.7 Å². The molecule has 2 atom stereocenters. The van der Waals surface area contributed by atoms with Gasteiger partial charge in [0.25, 0.3) is 0 Å². The van der Waals surface area contributed by atoms with Crippen LogP contribution in [0.3, 0.4) is 0 Å². The minimum absolute atomic E-state index is 0.0170. The van der Waals surface area contributed by atoms with Crippen LogP contribution in [0.25, 0.3) is 0 Å². The van der Waals surface area contributed by atoms with Crippen molar-refractivity contribution in [2.24, 2.45) is 5.92 Å². The Balaban J connectivity index is 2.50. The van der Waals surface area contributed by atoms with Crippen molar-refractivity contribution in [1.82, 2.24) is 4.90 Å². The van der Waals surface area contributed by atoms with Crippen LogP contribution in [-0.4, -0.2) is 47.4 Å². The molecule has 2 unspecified atom stereocenters.